The quantitative estimate of drug-likeness (QED) is 0.666. The number of fused-ring (bicyclic) bond motifs is 1. The Morgan fingerprint density at radius 2 is 1.59 bits per heavy atom. The molecule has 0 N–H and O–H groups in total. The molecule has 0 atom stereocenters. The van der Waals surface area contributed by atoms with E-state index in [0.29, 0.717) is 6.61 Å². The molecule has 0 bridgehead atoms. The van der Waals surface area contributed by atoms with Gasteiger partial charge in [-0.15, -0.1) is 0 Å². The van der Waals surface area contributed by atoms with Crippen molar-refractivity contribution in [2.45, 2.75) is 45.5 Å². The number of rotatable bonds is 4. The second kappa shape index (κ2) is 6.39. The highest BCUT2D eigenvalue weighted by Gasteiger charge is 2.52. The molecule has 5 nitrogen and oxygen atoms in total. The van der Waals surface area contributed by atoms with Crippen molar-refractivity contribution in [3.05, 3.63) is 54.2 Å². The fourth-order valence-corrected chi connectivity index (χ4v) is 3.32. The highest BCUT2D eigenvalue weighted by molar-refractivity contribution is 6.63. The summed E-state index contributed by atoms with van der Waals surface area (Å²) in [6.45, 7) is 8.60. The molecule has 1 aliphatic rings. The van der Waals surface area contributed by atoms with Crippen LogP contribution in [0.4, 0.5) is 0 Å². The van der Waals surface area contributed by atoms with Gasteiger partial charge in [0.05, 0.1) is 16.7 Å². The Bertz CT molecular complexity index is 964. The minimum Gasteiger partial charge on any atom is -0.488 e. The predicted octanol–water partition coefficient (Wildman–Crippen LogP) is 3.45. The average molecular weight is 364 g/mol. The van der Waals surface area contributed by atoms with E-state index in [0.717, 1.165) is 27.8 Å². The van der Waals surface area contributed by atoms with Crippen LogP contribution in [0.5, 0.6) is 5.75 Å². The lowest BCUT2D eigenvalue weighted by Gasteiger charge is -2.32. The summed E-state index contributed by atoms with van der Waals surface area (Å²) in [6, 6.07) is 16.0. The van der Waals surface area contributed by atoms with Gasteiger partial charge in [-0.1, -0.05) is 36.4 Å². The molecule has 0 aliphatic carbocycles. The summed E-state index contributed by atoms with van der Waals surface area (Å²) in [7, 11) is 1.50. The van der Waals surface area contributed by atoms with Crippen molar-refractivity contribution in [2.75, 3.05) is 0 Å². The molecule has 6 heteroatoms. The van der Waals surface area contributed by atoms with Crippen molar-refractivity contribution in [1.82, 2.24) is 9.78 Å². The van der Waals surface area contributed by atoms with Crippen LogP contribution in [-0.4, -0.2) is 28.1 Å². The number of hydrogen-bond acceptors (Lipinski definition) is 4. The van der Waals surface area contributed by atoms with Gasteiger partial charge in [0.2, 0.25) is 0 Å². The molecule has 140 valence electrons. The van der Waals surface area contributed by atoms with E-state index in [1.54, 1.807) is 0 Å². The number of aromatic nitrogens is 2. The van der Waals surface area contributed by atoms with Gasteiger partial charge in [-0.25, -0.2) is 0 Å². The van der Waals surface area contributed by atoms with E-state index < -0.39 is 7.12 Å². The number of nitrogens with zero attached hydrogens (tertiary/aromatic N) is 2. The maximum atomic E-state index is 6.20. The van der Waals surface area contributed by atoms with Gasteiger partial charge >= 0.3 is 7.12 Å². The maximum Gasteiger partial charge on any atom is 0.498 e. The van der Waals surface area contributed by atoms with Gasteiger partial charge in [-0.05, 0) is 39.8 Å². The van der Waals surface area contributed by atoms with Gasteiger partial charge in [0, 0.05) is 17.9 Å². The van der Waals surface area contributed by atoms with Crippen LogP contribution >= 0.6 is 0 Å². The molecule has 1 aromatic heterocycles. The molecular formula is C21H25BN2O3. The van der Waals surface area contributed by atoms with Crippen molar-refractivity contribution in [1.29, 1.82) is 0 Å². The van der Waals surface area contributed by atoms with Crippen molar-refractivity contribution in [3.63, 3.8) is 0 Å². The van der Waals surface area contributed by atoms with Gasteiger partial charge in [-0.3, -0.25) is 4.68 Å². The summed E-state index contributed by atoms with van der Waals surface area (Å²) in [6.07, 6.45) is 0. The fourth-order valence-electron chi connectivity index (χ4n) is 3.32. The standard InChI is InChI=1S/C21H25BN2O3/c1-20(2)21(3,4)27-22(26-20)16-11-7-9-13-19(16)25-14-17-15-10-6-8-12-18(15)24(5)23-17/h6-13H,14H2,1-5H3. The van der Waals surface area contributed by atoms with Crippen LogP contribution in [-0.2, 0) is 23.0 Å². The summed E-state index contributed by atoms with van der Waals surface area (Å²) in [5.74, 6) is 0.755. The van der Waals surface area contributed by atoms with Crippen LogP contribution in [0.1, 0.15) is 33.4 Å². The van der Waals surface area contributed by atoms with E-state index >= 15 is 0 Å². The summed E-state index contributed by atoms with van der Waals surface area (Å²) in [4.78, 5) is 0. The summed E-state index contributed by atoms with van der Waals surface area (Å²) < 4.78 is 20.4. The molecule has 3 aromatic rings. The number of benzene rings is 2. The summed E-state index contributed by atoms with van der Waals surface area (Å²) in [5.41, 5.74) is 2.13. The van der Waals surface area contributed by atoms with Crippen LogP contribution in [0.15, 0.2) is 48.5 Å². The lowest BCUT2D eigenvalue weighted by molar-refractivity contribution is 0.00578. The lowest BCUT2D eigenvalue weighted by Crippen LogP contribution is -2.41. The first-order chi connectivity index (χ1) is 12.8. The van der Waals surface area contributed by atoms with Gasteiger partial charge in [0.25, 0.3) is 0 Å². The maximum absolute atomic E-state index is 6.20. The predicted molar refractivity (Wildman–Crippen MR) is 107 cm³/mol. The minimum atomic E-state index is -0.452. The van der Waals surface area contributed by atoms with E-state index in [4.69, 9.17) is 14.0 Å². The van der Waals surface area contributed by atoms with Crippen LogP contribution in [0, 0.1) is 0 Å². The first-order valence-electron chi connectivity index (χ1n) is 9.26. The van der Waals surface area contributed by atoms with E-state index in [1.165, 1.54) is 0 Å². The van der Waals surface area contributed by atoms with E-state index in [2.05, 4.69) is 44.9 Å². The van der Waals surface area contributed by atoms with Gasteiger partial charge < -0.3 is 14.0 Å². The summed E-state index contributed by atoms with van der Waals surface area (Å²) >= 11 is 0. The van der Waals surface area contributed by atoms with Gasteiger partial charge in [-0.2, -0.15) is 5.10 Å². The summed E-state index contributed by atoms with van der Waals surface area (Å²) in [5, 5.41) is 5.71. The molecule has 4 rings (SSSR count). The molecule has 2 aromatic carbocycles. The average Bonchev–Trinajstić information content (AvgIpc) is 3.06. The molecule has 27 heavy (non-hydrogen) atoms. The molecule has 0 radical (unpaired) electrons. The molecule has 0 spiro atoms. The van der Waals surface area contributed by atoms with Crippen LogP contribution in [0.25, 0.3) is 10.9 Å². The third-order valence-corrected chi connectivity index (χ3v) is 5.62. The fraction of sp³-hybridized carbons (Fsp3) is 0.381. The highest BCUT2D eigenvalue weighted by Crippen LogP contribution is 2.37. The smallest absolute Gasteiger partial charge is 0.488 e. The zero-order chi connectivity index (χ0) is 19.2. The Kier molecular flexibility index (Phi) is 4.28. The first kappa shape index (κ1) is 18.1. The molecule has 0 saturated carbocycles. The van der Waals surface area contributed by atoms with Crippen LogP contribution in [0.2, 0.25) is 0 Å². The van der Waals surface area contributed by atoms with E-state index in [1.807, 2.05) is 48.1 Å². The van der Waals surface area contributed by atoms with Crippen LogP contribution < -0.4 is 10.2 Å². The third-order valence-electron chi connectivity index (χ3n) is 5.62. The van der Waals surface area contributed by atoms with Crippen molar-refractivity contribution in [2.24, 2.45) is 7.05 Å². The van der Waals surface area contributed by atoms with E-state index in [9.17, 15) is 0 Å². The first-order valence-corrected chi connectivity index (χ1v) is 9.26. The Morgan fingerprint density at radius 3 is 2.33 bits per heavy atom. The molecule has 2 heterocycles. The van der Waals surface area contributed by atoms with Gasteiger partial charge in [0.15, 0.2) is 0 Å². The molecular weight excluding hydrogens is 339 g/mol. The zero-order valence-electron chi connectivity index (χ0n) is 16.5. The monoisotopic (exact) mass is 364 g/mol. The Balaban J connectivity index is 1.59. The highest BCUT2D eigenvalue weighted by atomic mass is 16.7. The third kappa shape index (κ3) is 3.13. The Hall–Kier alpha value is -2.31. The number of aryl methyl sites for hydroxylation is 1. The largest absolute Gasteiger partial charge is 0.498 e. The SMILES string of the molecule is Cn1nc(COc2ccccc2B2OC(C)(C)C(C)(C)O2)c2ccccc21. The molecule has 1 aliphatic heterocycles. The molecule has 1 fully saturated rings. The van der Waals surface area contributed by atoms with E-state index in [-0.39, 0.29) is 11.2 Å². The second-order valence-electron chi connectivity index (χ2n) is 8.00. The van der Waals surface area contributed by atoms with Crippen molar-refractivity contribution in [3.8, 4) is 5.75 Å². The van der Waals surface area contributed by atoms with Crippen LogP contribution in [0.3, 0.4) is 0 Å². The molecule has 0 amide bonds. The Labute approximate surface area is 160 Å². The topological polar surface area (TPSA) is 45.5 Å². The molecule has 1 saturated heterocycles. The number of para-hydroxylation sites is 2. The van der Waals surface area contributed by atoms with Crippen molar-refractivity contribution < 1.29 is 14.0 Å². The number of hydrogen-bond donors (Lipinski definition) is 0. The second-order valence-corrected chi connectivity index (χ2v) is 8.00. The molecule has 0 unspecified atom stereocenters. The zero-order valence-corrected chi connectivity index (χ0v) is 16.5. The Morgan fingerprint density at radius 1 is 0.963 bits per heavy atom. The lowest BCUT2D eigenvalue weighted by atomic mass is 9.78. The van der Waals surface area contributed by atoms with Gasteiger partial charge in [0.1, 0.15) is 18.1 Å². The number of ether oxygens (including phenoxy) is 1. The minimum absolute atomic E-state index is 0.387. The van der Waals surface area contributed by atoms with Crippen molar-refractivity contribution >= 4 is 23.5 Å². The normalized spacial score (nSPS) is 18.2.